The summed E-state index contributed by atoms with van der Waals surface area (Å²) in [6.45, 7) is 0. The summed E-state index contributed by atoms with van der Waals surface area (Å²) in [7, 11) is 0. The van der Waals surface area contributed by atoms with Crippen molar-refractivity contribution in [3.05, 3.63) is 33.8 Å². The first-order valence-corrected chi connectivity index (χ1v) is 7.23. The zero-order valence-corrected chi connectivity index (χ0v) is 11.9. The Morgan fingerprint density at radius 1 is 1.11 bits per heavy atom. The molecular formula is C14H14Cl2N2O. The molecule has 1 heterocycles. The fourth-order valence-corrected chi connectivity index (χ4v) is 3.07. The Morgan fingerprint density at radius 3 is 2.53 bits per heavy atom. The van der Waals surface area contributed by atoms with Crippen molar-refractivity contribution in [2.24, 2.45) is 4.99 Å². The molecule has 19 heavy (non-hydrogen) atoms. The first kappa shape index (κ1) is 12.9. The van der Waals surface area contributed by atoms with Gasteiger partial charge in [0, 0.05) is 5.56 Å². The molecule has 0 bridgehead atoms. The lowest BCUT2D eigenvalue weighted by molar-refractivity contribution is -0.115. The van der Waals surface area contributed by atoms with E-state index >= 15 is 0 Å². The fraction of sp³-hybridized carbons (Fsp3) is 0.429. The van der Waals surface area contributed by atoms with E-state index in [-0.39, 0.29) is 11.6 Å². The molecule has 0 unspecified atom stereocenters. The lowest BCUT2D eigenvalue weighted by Gasteiger charge is -2.30. The Balaban J connectivity index is 1.97. The molecule has 3 nitrogen and oxygen atoms in total. The Bertz CT molecular complexity index is 563. The number of halogens is 2. The van der Waals surface area contributed by atoms with Gasteiger partial charge in [-0.15, -0.1) is 0 Å². The maximum Gasteiger partial charge on any atom is 0.272 e. The number of aliphatic imine (C=N–C) groups is 1. The molecule has 1 N–H and O–H groups in total. The van der Waals surface area contributed by atoms with Gasteiger partial charge in [-0.2, -0.15) is 0 Å². The summed E-state index contributed by atoms with van der Waals surface area (Å²) in [4.78, 5) is 16.8. The first-order chi connectivity index (χ1) is 9.10. The molecule has 0 radical (unpaired) electrons. The van der Waals surface area contributed by atoms with Crippen LogP contribution in [0.4, 0.5) is 0 Å². The second-order valence-corrected chi connectivity index (χ2v) is 5.95. The minimum absolute atomic E-state index is 0.111. The van der Waals surface area contributed by atoms with Crippen molar-refractivity contribution < 1.29 is 4.79 Å². The van der Waals surface area contributed by atoms with Crippen LogP contribution in [0.5, 0.6) is 0 Å². The summed E-state index contributed by atoms with van der Waals surface area (Å²) >= 11 is 11.9. The maximum absolute atomic E-state index is 12.1. The van der Waals surface area contributed by atoms with Crippen LogP contribution in [0.2, 0.25) is 10.0 Å². The van der Waals surface area contributed by atoms with E-state index in [1.54, 1.807) is 18.2 Å². The topological polar surface area (TPSA) is 41.5 Å². The van der Waals surface area contributed by atoms with Crippen LogP contribution in [0.15, 0.2) is 23.2 Å². The predicted molar refractivity (Wildman–Crippen MR) is 77.0 cm³/mol. The third-order valence-electron chi connectivity index (χ3n) is 3.76. The van der Waals surface area contributed by atoms with Crippen molar-refractivity contribution in [1.82, 2.24) is 5.32 Å². The minimum atomic E-state index is -0.378. The Kier molecular flexibility index (Phi) is 3.27. The van der Waals surface area contributed by atoms with Gasteiger partial charge in [0.05, 0.1) is 10.0 Å². The molecule has 0 saturated heterocycles. The summed E-state index contributed by atoms with van der Waals surface area (Å²) < 4.78 is 0. The van der Waals surface area contributed by atoms with E-state index in [0.29, 0.717) is 15.8 Å². The predicted octanol–water partition coefficient (Wildman–Crippen LogP) is 3.57. The number of hydrogen-bond acceptors (Lipinski definition) is 2. The molecule has 1 aromatic rings. The molecule has 5 heteroatoms. The van der Waals surface area contributed by atoms with Crippen LogP contribution in [-0.4, -0.2) is 17.3 Å². The van der Waals surface area contributed by atoms with Gasteiger partial charge >= 0.3 is 0 Å². The number of carbonyl (C=O) groups excluding carboxylic acids is 1. The number of carbonyl (C=O) groups is 1. The molecule has 1 fully saturated rings. The number of hydrogen-bond donors (Lipinski definition) is 1. The van der Waals surface area contributed by atoms with Crippen LogP contribution in [0, 0.1) is 0 Å². The quantitative estimate of drug-likeness (QED) is 0.846. The van der Waals surface area contributed by atoms with Gasteiger partial charge in [-0.25, -0.2) is 0 Å². The second kappa shape index (κ2) is 4.80. The number of amides is 1. The van der Waals surface area contributed by atoms with Crippen molar-refractivity contribution in [2.45, 2.75) is 37.8 Å². The first-order valence-electron chi connectivity index (χ1n) is 6.47. The van der Waals surface area contributed by atoms with Crippen LogP contribution in [0.1, 0.15) is 37.7 Å². The number of nitrogens with zero attached hydrogens (tertiary/aromatic N) is 1. The van der Waals surface area contributed by atoms with Gasteiger partial charge in [0.25, 0.3) is 5.91 Å². The van der Waals surface area contributed by atoms with Crippen molar-refractivity contribution in [3.8, 4) is 0 Å². The highest BCUT2D eigenvalue weighted by molar-refractivity contribution is 6.48. The molecule has 1 spiro atoms. The highest BCUT2D eigenvalue weighted by Gasteiger charge is 2.40. The molecule has 3 rings (SSSR count). The molecule has 2 aliphatic rings. The fourth-order valence-electron chi connectivity index (χ4n) is 2.78. The van der Waals surface area contributed by atoms with Crippen LogP contribution >= 0.6 is 23.2 Å². The van der Waals surface area contributed by atoms with E-state index in [9.17, 15) is 4.79 Å². The van der Waals surface area contributed by atoms with Gasteiger partial charge in [0.15, 0.2) is 0 Å². The summed E-state index contributed by atoms with van der Waals surface area (Å²) in [6.07, 6.45) is 5.28. The molecule has 0 aromatic heterocycles. The Morgan fingerprint density at radius 2 is 1.84 bits per heavy atom. The van der Waals surface area contributed by atoms with Gasteiger partial charge < -0.3 is 5.32 Å². The molecule has 1 aliphatic carbocycles. The molecule has 1 amide bonds. The monoisotopic (exact) mass is 296 g/mol. The van der Waals surface area contributed by atoms with Crippen molar-refractivity contribution >= 4 is 34.8 Å². The molecule has 0 atom stereocenters. The Hall–Kier alpha value is -1.06. The second-order valence-electron chi connectivity index (χ2n) is 5.14. The van der Waals surface area contributed by atoms with E-state index in [2.05, 4.69) is 10.3 Å². The van der Waals surface area contributed by atoms with E-state index in [1.165, 1.54) is 6.42 Å². The largest absolute Gasteiger partial charge is 0.326 e. The highest BCUT2D eigenvalue weighted by Crippen LogP contribution is 2.33. The summed E-state index contributed by atoms with van der Waals surface area (Å²) in [5, 5.41) is 3.96. The van der Waals surface area contributed by atoms with Crippen LogP contribution < -0.4 is 5.32 Å². The van der Waals surface area contributed by atoms with Crippen molar-refractivity contribution in [2.75, 3.05) is 0 Å². The SMILES string of the molecule is O=C1NC2(CCCCC2)N=C1c1ccc(Cl)c(Cl)c1. The molecule has 1 saturated carbocycles. The van der Waals surface area contributed by atoms with Crippen molar-refractivity contribution in [3.63, 3.8) is 0 Å². The lowest BCUT2D eigenvalue weighted by Crippen LogP contribution is -2.43. The van der Waals surface area contributed by atoms with Crippen LogP contribution in [-0.2, 0) is 4.79 Å². The van der Waals surface area contributed by atoms with Gasteiger partial charge in [-0.05, 0) is 37.8 Å². The zero-order chi connectivity index (χ0) is 13.5. The third-order valence-corrected chi connectivity index (χ3v) is 4.50. The van der Waals surface area contributed by atoms with Crippen LogP contribution in [0.25, 0.3) is 0 Å². The average Bonchev–Trinajstić information content (AvgIpc) is 2.70. The van der Waals surface area contributed by atoms with Gasteiger partial charge in [-0.3, -0.25) is 9.79 Å². The highest BCUT2D eigenvalue weighted by atomic mass is 35.5. The summed E-state index contributed by atoms with van der Waals surface area (Å²) in [5.41, 5.74) is 0.825. The number of rotatable bonds is 1. The van der Waals surface area contributed by atoms with Crippen molar-refractivity contribution in [1.29, 1.82) is 0 Å². The van der Waals surface area contributed by atoms with E-state index in [4.69, 9.17) is 23.2 Å². The standard InChI is InChI=1S/C14H14Cl2N2O/c15-10-5-4-9(8-11(10)16)12-13(19)18-14(17-12)6-2-1-3-7-14/h4-5,8H,1-3,6-7H2,(H,18,19). The summed E-state index contributed by atoms with van der Waals surface area (Å²) in [6, 6.07) is 5.18. The molecular weight excluding hydrogens is 283 g/mol. The molecule has 1 aromatic carbocycles. The van der Waals surface area contributed by atoms with Gasteiger partial charge in [0.2, 0.25) is 0 Å². The molecule has 1 aliphatic heterocycles. The summed E-state index contributed by atoms with van der Waals surface area (Å²) in [5.74, 6) is -0.111. The van der Waals surface area contributed by atoms with E-state index < -0.39 is 0 Å². The van der Waals surface area contributed by atoms with E-state index in [1.807, 2.05) is 0 Å². The van der Waals surface area contributed by atoms with E-state index in [0.717, 1.165) is 31.2 Å². The normalized spacial score (nSPS) is 21.4. The lowest BCUT2D eigenvalue weighted by atomic mass is 9.90. The van der Waals surface area contributed by atoms with Gasteiger partial charge in [0.1, 0.15) is 11.4 Å². The zero-order valence-electron chi connectivity index (χ0n) is 10.4. The average molecular weight is 297 g/mol. The Labute approximate surface area is 122 Å². The number of benzene rings is 1. The maximum atomic E-state index is 12.1. The minimum Gasteiger partial charge on any atom is -0.326 e. The van der Waals surface area contributed by atoms with Gasteiger partial charge in [-0.1, -0.05) is 35.7 Å². The smallest absolute Gasteiger partial charge is 0.272 e. The molecule has 100 valence electrons. The third kappa shape index (κ3) is 2.37. The number of nitrogens with one attached hydrogen (secondary N) is 1. The van der Waals surface area contributed by atoms with Crippen LogP contribution in [0.3, 0.4) is 0 Å².